The van der Waals surface area contributed by atoms with Crippen LogP contribution in [0.2, 0.25) is 0 Å². The Morgan fingerprint density at radius 2 is 2.10 bits per heavy atom. The van der Waals surface area contributed by atoms with Gasteiger partial charge >= 0.3 is 0 Å². The average molecular weight is 285 g/mol. The summed E-state index contributed by atoms with van der Waals surface area (Å²) in [4.78, 5) is 28.4. The first kappa shape index (κ1) is 13.3. The van der Waals surface area contributed by atoms with E-state index in [-0.39, 0.29) is 11.1 Å². The third-order valence-corrected chi connectivity index (χ3v) is 3.44. The molecule has 108 valence electrons. The van der Waals surface area contributed by atoms with Crippen LogP contribution < -0.4 is 11.1 Å². The number of fused-ring (bicyclic) bond motifs is 1. The molecule has 0 aliphatic rings. The third kappa shape index (κ3) is 2.26. The fourth-order valence-electron chi connectivity index (χ4n) is 2.25. The number of pyridine rings is 1. The fraction of sp³-hybridized carbons (Fsp3) is 0.286. The SMILES string of the molecule is CCn1ncc2ncn(Cc3ccn(C)c(=O)c3)c(=O)c21. The molecule has 0 fully saturated rings. The Kier molecular flexibility index (Phi) is 3.17. The third-order valence-electron chi connectivity index (χ3n) is 3.44. The molecule has 3 aromatic rings. The molecule has 0 saturated heterocycles. The van der Waals surface area contributed by atoms with Crippen LogP contribution in [0.4, 0.5) is 0 Å². The van der Waals surface area contributed by atoms with Gasteiger partial charge in [0.1, 0.15) is 5.52 Å². The number of aryl methyl sites for hydroxylation is 2. The van der Waals surface area contributed by atoms with E-state index >= 15 is 0 Å². The highest BCUT2D eigenvalue weighted by Crippen LogP contribution is 2.06. The van der Waals surface area contributed by atoms with Gasteiger partial charge in [0.15, 0.2) is 5.52 Å². The predicted molar refractivity (Wildman–Crippen MR) is 78.2 cm³/mol. The molecular formula is C14H15N5O2. The van der Waals surface area contributed by atoms with Gasteiger partial charge in [-0.05, 0) is 18.6 Å². The van der Waals surface area contributed by atoms with Crippen LogP contribution in [0.3, 0.4) is 0 Å². The lowest BCUT2D eigenvalue weighted by Gasteiger charge is -2.07. The molecule has 0 N–H and O–H groups in total. The summed E-state index contributed by atoms with van der Waals surface area (Å²) in [7, 11) is 1.69. The zero-order valence-electron chi connectivity index (χ0n) is 11.9. The maximum Gasteiger partial charge on any atom is 0.279 e. The van der Waals surface area contributed by atoms with Crippen LogP contribution in [-0.2, 0) is 20.1 Å². The minimum absolute atomic E-state index is 0.104. The van der Waals surface area contributed by atoms with Crippen LogP contribution in [-0.4, -0.2) is 23.9 Å². The Hall–Kier alpha value is -2.70. The molecule has 0 unspecified atom stereocenters. The van der Waals surface area contributed by atoms with E-state index in [0.717, 1.165) is 5.56 Å². The molecule has 0 saturated carbocycles. The molecule has 0 aromatic carbocycles. The topological polar surface area (TPSA) is 74.7 Å². The summed E-state index contributed by atoms with van der Waals surface area (Å²) in [6.07, 6.45) is 4.76. The van der Waals surface area contributed by atoms with Crippen molar-refractivity contribution in [3.63, 3.8) is 0 Å². The Labute approximate surface area is 120 Å². The van der Waals surface area contributed by atoms with Crippen LogP contribution in [0.1, 0.15) is 12.5 Å². The molecule has 0 amide bonds. The highest BCUT2D eigenvalue weighted by atomic mass is 16.1. The summed E-state index contributed by atoms with van der Waals surface area (Å²) in [5.74, 6) is 0. The zero-order valence-corrected chi connectivity index (χ0v) is 11.9. The van der Waals surface area contributed by atoms with Crippen LogP contribution in [0.25, 0.3) is 11.0 Å². The Morgan fingerprint density at radius 1 is 1.29 bits per heavy atom. The lowest BCUT2D eigenvalue weighted by Crippen LogP contribution is -2.24. The minimum atomic E-state index is -0.153. The van der Waals surface area contributed by atoms with Gasteiger partial charge in [-0.1, -0.05) is 0 Å². The van der Waals surface area contributed by atoms with Crippen LogP contribution in [0.5, 0.6) is 0 Å². The van der Waals surface area contributed by atoms with Crippen molar-refractivity contribution in [1.82, 2.24) is 23.9 Å². The standard InChI is InChI=1S/C14H15N5O2/c1-3-19-13-11(7-16-19)15-9-18(14(13)21)8-10-4-5-17(2)12(20)6-10/h4-7,9H,3,8H2,1-2H3. The van der Waals surface area contributed by atoms with E-state index in [2.05, 4.69) is 10.1 Å². The molecule has 21 heavy (non-hydrogen) atoms. The van der Waals surface area contributed by atoms with Crippen molar-refractivity contribution in [2.75, 3.05) is 0 Å². The number of aromatic nitrogens is 5. The molecule has 0 spiro atoms. The molecule has 7 nitrogen and oxygen atoms in total. The smallest absolute Gasteiger partial charge is 0.279 e. The van der Waals surface area contributed by atoms with E-state index in [9.17, 15) is 9.59 Å². The lowest BCUT2D eigenvalue weighted by molar-refractivity contribution is 0.669. The second-order valence-corrected chi connectivity index (χ2v) is 4.86. The van der Waals surface area contributed by atoms with E-state index in [1.165, 1.54) is 21.5 Å². The zero-order chi connectivity index (χ0) is 15.0. The quantitative estimate of drug-likeness (QED) is 0.696. The summed E-state index contributed by atoms with van der Waals surface area (Å²) in [5, 5.41) is 4.14. The summed E-state index contributed by atoms with van der Waals surface area (Å²) >= 11 is 0. The first-order chi connectivity index (χ1) is 10.1. The number of hydrogen-bond acceptors (Lipinski definition) is 4. The van der Waals surface area contributed by atoms with E-state index in [4.69, 9.17) is 0 Å². The summed E-state index contributed by atoms with van der Waals surface area (Å²) in [5.41, 5.74) is 1.59. The van der Waals surface area contributed by atoms with Gasteiger partial charge in [0.25, 0.3) is 11.1 Å². The molecule has 0 aliphatic heterocycles. The molecule has 3 rings (SSSR count). The lowest BCUT2D eigenvalue weighted by atomic mass is 10.2. The molecular weight excluding hydrogens is 270 g/mol. The van der Waals surface area contributed by atoms with Crippen molar-refractivity contribution in [2.45, 2.75) is 20.0 Å². The first-order valence-corrected chi connectivity index (χ1v) is 6.66. The maximum absolute atomic E-state index is 12.5. The molecule has 3 aromatic heterocycles. The molecule has 0 bridgehead atoms. The number of nitrogens with zero attached hydrogens (tertiary/aromatic N) is 5. The van der Waals surface area contributed by atoms with E-state index < -0.39 is 0 Å². The maximum atomic E-state index is 12.5. The second kappa shape index (κ2) is 5.01. The van der Waals surface area contributed by atoms with Crippen molar-refractivity contribution in [3.05, 3.63) is 57.1 Å². The van der Waals surface area contributed by atoms with E-state index in [1.54, 1.807) is 24.1 Å². The van der Waals surface area contributed by atoms with Crippen molar-refractivity contribution in [1.29, 1.82) is 0 Å². The van der Waals surface area contributed by atoms with Gasteiger partial charge in [0.2, 0.25) is 0 Å². The summed E-state index contributed by atoms with van der Waals surface area (Å²) < 4.78 is 4.61. The molecule has 3 heterocycles. The van der Waals surface area contributed by atoms with Gasteiger partial charge in [-0.2, -0.15) is 5.10 Å². The monoisotopic (exact) mass is 285 g/mol. The van der Waals surface area contributed by atoms with Gasteiger partial charge in [0.05, 0.1) is 19.1 Å². The van der Waals surface area contributed by atoms with E-state index in [1.807, 2.05) is 13.0 Å². The van der Waals surface area contributed by atoms with Gasteiger partial charge < -0.3 is 4.57 Å². The highest BCUT2D eigenvalue weighted by molar-refractivity contribution is 5.72. The molecule has 0 aliphatic carbocycles. The highest BCUT2D eigenvalue weighted by Gasteiger charge is 2.10. The van der Waals surface area contributed by atoms with Crippen LogP contribution in [0, 0.1) is 0 Å². The van der Waals surface area contributed by atoms with Crippen LogP contribution in [0.15, 0.2) is 40.4 Å². The van der Waals surface area contributed by atoms with E-state index in [0.29, 0.717) is 24.1 Å². The van der Waals surface area contributed by atoms with Crippen molar-refractivity contribution in [3.8, 4) is 0 Å². The molecule has 7 heteroatoms. The van der Waals surface area contributed by atoms with Gasteiger partial charge in [-0.15, -0.1) is 0 Å². The first-order valence-electron chi connectivity index (χ1n) is 6.66. The number of hydrogen-bond donors (Lipinski definition) is 0. The summed E-state index contributed by atoms with van der Waals surface area (Å²) in [6.45, 7) is 2.84. The Morgan fingerprint density at radius 3 is 2.81 bits per heavy atom. The minimum Gasteiger partial charge on any atom is -0.319 e. The van der Waals surface area contributed by atoms with Crippen molar-refractivity contribution in [2.24, 2.45) is 7.05 Å². The van der Waals surface area contributed by atoms with Crippen LogP contribution >= 0.6 is 0 Å². The predicted octanol–water partition coefficient (Wildman–Crippen LogP) is 0.360. The largest absolute Gasteiger partial charge is 0.319 e. The second-order valence-electron chi connectivity index (χ2n) is 4.86. The molecule has 0 atom stereocenters. The number of rotatable bonds is 3. The Balaban J connectivity index is 2.08. The summed E-state index contributed by atoms with van der Waals surface area (Å²) in [6, 6.07) is 3.34. The fourth-order valence-corrected chi connectivity index (χ4v) is 2.25. The Bertz CT molecular complexity index is 919. The van der Waals surface area contributed by atoms with Gasteiger partial charge in [-0.3, -0.25) is 18.8 Å². The normalized spacial score (nSPS) is 11.1. The average Bonchev–Trinajstić information content (AvgIpc) is 2.90. The van der Waals surface area contributed by atoms with Crippen molar-refractivity contribution < 1.29 is 0 Å². The van der Waals surface area contributed by atoms with Gasteiger partial charge in [-0.25, -0.2) is 4.98 Å². The molecule has 0 radical (unpaired) electrons. The van der Waals surface area contributed by atoms with Crippen molar-refractivity contribution >= 4 is 11.0 Å². The van der Waals surface area contributed by atoms with Gasteiger partial charge in [0, 0.05) is 25.9 Å².